The highest BCUT2D eigenvalue weighted by Crippen LogP contribution is 2.21. The highest BCUT2D eigenvalue weighted by molar-refractivity contribution is 7.80. The van der Waals surface area contributed by atoms with Crippen LogP contribution < -0.4 is 16.0 Å². The Morgan fingerprint density at radius 1 is 0.778 bits per heavy atom. The third-order valence-corrected chi connectivity index (χ3v) is 6.36. The number of amides is 3. The standard InChI is InChI=1S/C29H31N3O3S/c1-3-29(27(34)30-23-15-9-5-10-16-23,28(35)31-24-17-11-6-12-18-24)32-26(33)25(21(2)36)20-19-22-13-7-4-8-14-22/h4-18,25H,3,19-20H2,1-2H3,(H,30,34)(H,31,35)(H,32,33)/t25-/m1/s1. The van der Waals surface area contributed by atoms with Crippen molar-refractivity contribution in [1.82, 2.24) is 5.32 Å². The summed E-state index contributed by atoms with van der Waals surface area (Å²) in [4.78, 5) is 41.2. The fourth-order valence-corrected chi connectivity index (χ4v) is 4.14. The molecule has 186 valence electrons. The van der Waals surface area contributed by atoms with Crippen LogP contribution in [0.2, 0.25) is 0 Å². The predicted octanol–water partition coefficient (Wildman–Crippen LogP) is 5.17. The second-order valence-corrected chi connectivity index (χ2v) is 9.22. The summed E-state index contributed by atoms with van der Waals surface area (Å²) in [6, 6.07) is 27.5. The number of carbonyl (C=O) groups excluding carboxylic acids is 3. The number of para-hydroxylation sites is 2. The molecule has 3 aromatic carbocycles. The number of hydrogen-bond donors (Lipinski definition) is 3. The van der Waals surface area contributed by atoms with E-state index in [4.69, 9.17) is 12.2 Å². The summed E-state index contributed by atoms with van der Waals surface area (Å²) >= 11 is 5.41. The second kappa shape index (κ2) is 12.7. The van der Waals surface area contributed by atoms with Crippen LogP contribution in [0.25, 0.3) is 0 Å². The normalized spacial score (nSPS) is 11.7. The Hall–Kier alpha value is -3.84. The minimum Gasteiger partial charge on any atom is -0.334 e. The molecule has 1 atom stereocenters. The Balaban J connectivity index is 1.88. The molecule has 0 saturated carbocycles. The Kier molecular flexibility index (Phi) is 9.47. The van der Waals surface area contributed by atoms with Crippen molar-refractivity contribution in [3.63, 3.8) is 0 Å². The van der Waals surface area contributed by atoms with Gasteiger partial charge in [-0.05, 0) is 56.0 Å². The van der Waals surface area contributed by atoms with E-state index >= 15 is 0 Å². The fourth-order valence-electron chi connectivity index (χ4n) is 3.92. The molecule has 3 amide bonds. The summed E-state index contributed by atoms with van der Waals surface area (Å²) in [7, 11) is 0. The van der Waals surface area contributed by atoms with Crippen molar-refractivity contribution in [1.29, 1.82) is 0 Å². The summed E-state index contributed by atoms with van der Waals surface area (Å²) < 4.78 is 0. The summed E-state index contributed by atoms with van der Waals surface area (Å²) in [5, 5.41) is 8.36. The van der Waals surface area contributed by atoms with Gasteiger partial charge in [0, 0.05) is 16.2 Å². The molecule has 3 rings (SSSR count). The Bertz CT molecular complexity index is 1130. The first kappa shape index (κ1) is 26.8. The van der Waals surface area contributed by atoms with Crippen LogP contribution in [0.4, 0.5) is 11.4 Å². The molecule has 0 unspecified atom stereocenters. The smallest absolute Gasteiger partial charge is 0.259 e. The molecular weight excluding hydrogens is 470 g/mol. The van der Waals surface area contributed by atoms with Crippen molar-refractivity contribution in [2.24, 2.45) is 5.92 Å². The highest BCUT2D eigenvalue weighted by Gasteiger charge is 2.47. The van der Waals surface area contributed by atoms with Gasteiger partial charge in [0.15, 0.2) is 5.54 Å². The van der Waals surface area contributed by atoms with E-state index in [0.29, 0.717) is 29.1 Å². The van der Waals surface area contributed by atoms with Crippen LogP contribution in [0, 0.1) is 5.92 Å². The summed E-state index contributed by atoms with van der Waals surface area (Å²) in [5.41, 5.74) is 0.276. The quantitative estimate of drug-likeness (QED) is 0.250. The predicted molar refractivity (Wildman–Crippen MR) is 148 cm³/mol. The van der Waals surface area contributed by atoms with E-state index in [-0.39, 0.29) is 6.42 Å². The van der Waals surface area contributed by atoms with Crippen molar-refractivity contribution < 1.29 is 14.4 Å². The number of nitrogens with one attached hydrogen (secondary N) is 3. The van der Waals surface area contributed by atoms with Crippen molar-refractivity contribution in [2.45, 2.75) is 38.6 Å². The molecule has 6 nitrogen and oxygen atoms in total. The Morgan fingerprint density at radius 3 is 1.64 bits per heavy atom. The molecular formula is C29H31N3O3S. The molecule has 0 radical (unpaired) electrons. The largest absolute Gasteiger partial charge is 0.334 e. The first-order chi connectivity index (χ1) is 17.4. The van der Waals surface area contributed by atoms with Gasteiger partial charge in [-0.25, -0.2) is 0 Å². The van der Waals surface area contributed by atoms with Gasteiger partial charge in [0.2, 0.25) is 5.91 Å². The van der Waals surface area contributed by atoms with Crippen molar-refractivity contribution in [2.75, 3.05) is 10.6 Å². The molecule has 0 spiro atoms. The van der Waals surface area contributed by atoms with E-state index in [2.05, 4.69) is 16.0 Å². The minimum absolute atomic E-state index is 0.0396. The van der Waals surface area contributed by atoms with Gasteiger partial charge in [0.05, 0.1) is 5.92 Å². The van der Waals surface area contributed by atoms with Crippen LogP contribution in [-0.4, -0.2) is 28.1 Å². The number of anilines is 2. The molecule has 3 N–H and O–H groups in total. The van der Waals surface area contributed by atoms with E-state index in [9.17, 15) is 14.4 Å². The lowest BCUT2D eigenvalue weighted by molar-refractivity contribution is -0.139. The number of carbonyl (C=O) groups is 3. The Labute approximate surface area is 217 Å². The lowest BCUT2D eigenvalue weighted by atomic mass is 9.89. The highest BCUT2D eigenvalue weighted by atomic mass is 32.1. The van der Waals surface area contributed by atoms with Crippen LogP contribution in [0.15, 0.2) is 91.0 Å². The minimum atomic E-state index is -1.85. The van der Waals surface area contributed by atoms with Crippen LogP contribution in [0.3, 0.4) is 0 Å². The average Bonchev–Trinajstić information content (AvgIpc) is 2.89. The van der Waals surface area contributed by atoms with Crippen molar-refractivity contribution in [3.05, 3.63) is 96.6 Å². The van der Waals surface area contributed by atoms with Crippen LogP contribution in [-0.2, 0) is 20.8 Å². The number of hydrogen-bond acceptors (Lipinski definition) is 4. The molecule has 36 heavy (non-hydrogen) atoms. The van der Waals surface area contributed by atoms with Crippen LogP contribution in [0.1, 0.15) is 32.3 Å². The van der Waals surface area contributed by atoms with Gasteiger partial charge >= 0.3 is 0 Å². The van der Waals surface area contributed by atoms with Gasteiger partial charge < -0.3 is 16.0 Å². The molecule has 0 heterocycles. The van der Waals surface area contributed by atoms with Gasteiger partial charge in [-0.15, -0.1) is 0 Å². The molecule has 0 aromatic heterocycles. The maximum Gasteiger partial charge on any atom is 0.259 e. The molecule has 0 saturated heterocycles. The van der Waals surface area contributed by atoms with Crippen LogP contribution in [0.5, 0.6) is 0 Å². The monoisotopic (exact) mass is 501 g/mol. The number of benzene rings is 3. The second-order valence-electron chi connectivity index (χ2n) is 8.58. The molecule has 0 fully saturated rings. The van der Waals surface area contributed by atoms with Crippen LogP contribution >= 0.6 is 12.2 Å². The topological polar surface area (TPSA) is 87.3 Å². The summed E-state index contributed by atoms with van der Waals surface area (Å²) in [5.74, 6) is -2.34. The summed E-state index contributed by atoms with van der Waals surface area (Å²) in [6.07, 6.45) is 1.14. The van der Waals surface area contributed by atoms with E-state index in [1.807, 2.05) is 42.5 Å². The first-order valence-electron chi connectivity index (χ1n) is 11.9. The van der Waals surface area contributed by atoms with Gasteiger partial charge in [0.25, 0.3) is 11.8 Å². The lowest BCUT2D eigenvalue weighted by Gasteiger charge is -2.32. The molecule has 3 aromatic rings. The van der Waals surface area contributed by atoms with E-state index in [0.717, 1.165) is 5.56 Å². The van der Waals surface area contributed by atoms with Gasteiger partial charge in [-0.1, -0.05) is 85.9 Å². The third kappa shape index (κ3) is 6.86. The summed E-state index contributed by atoms with van der Waals surface area (Å²) in [6.45, 7) is 3.41. The number of thiocarbonyl (C=S) groups is 1. The van der Waals surface area contributed by atoms with E-state index < -0.39 is 29.2 Å². The number of aryl methyl sites for hydroxylation is 1. The van der Waals surface area contributed by atoms with Gasteiger partial charge in [-0.3, -0.25) is 14.4 Å². The zero-order chi connectivity index (χ0) is 26.0. The zero-order valence-corrected chi connectivity index (χ0v) is 21.3. The van der Waals surface area contributed by atoms with Gasteiger partial charge in [0.1, 0.15) is 0 Å². The SMILES string of the molecule is CCC(NC(=O)[C@H](CCc1ccccc1)C(C)=S)(C(=O)Nc1ccccc1)C(=O)Nc1ccccc1. The van der Waals surface area contributed by atoms with Crippen molar-refractivity contribution in [3.8, 4) is 0 Å². The fraction of sp³-hybridized carbons (Fsp3) is 0.241. The third-order valence-electron chi connectivity index (χ3n) is 6.08. The molecule has 0 aliphatic carbocycles. The van der Waals surface area contributed by atoms with Crippen molar-refractivity contribution >= 4 is 46.2 Å². The average molecular weight is 502 g/mol. The number of rotatable bonds is 11. The zero-order valence-electron chi connectivity index (χ0n) is 20.5. The molecule has 0 aliphatic rings. The van der Waals surface area contributed by atoms with Gasteiger partial charge in [-0.2, -0.15) is 0 Å². The Morgan fingerprint density at radius 2 is 1.22 bits per heavy atom. The van der Waals surface area contributed by atoms with E-state index in [1.165, 1.54) is 0 Å². The maximum atomic E-state index is 13.6. The first-order valence-corrected chi connectivity index (χ1v) is 12.4. The molecule has 7 heteroatoms. The maximum absolute atomic E-state index is 13.6. The lowest BCUT2D eigenvalue weighted by Crippen LogP contribution is -2.64. The molecule has 0 bridgehead atoms. The molecule has 0 aliphatic heterocycles. The van der Waals surface area contributed by atoms with E-state index in [1.54, 1.807) is 62.4 Å².